The van der Waals surface area contributed by atoms with Gasteiger partial charge in [0.1, 0.15) is 0 Å². The SMILES string of the molecule is CCCC1CC(N)CCC1CC. The predicted molar refractivity (Wildman–Crippen MR) is 54.0 cm³/mol. The molecule has 1 saturated carbocycles. The summed E-state index contributed by atoms with van der Waals surface area (Å²) in [6.45, 7) is 4.61. The Morgan fingerprint density at radius 2 is 1.92 bits per heavy atom. The van der Waals surface area contributed by atoms with Crippen molar-refractivity contribution in [3.63, 3.8) is 0 Å². The van der Waals surface area contributed by atoms with Gasteiger partial charge in [0.05, 0.1) is 0 Å². The standard InChI is InChI=1S/C11H23N/c1-3-5-10-8-11(12)7-6-9(10)4-2/h9-11H,3-8,12H2,1-2H3. The van der Waals surface area contributed by atoms with Crippen LogP contribution in [0.25, 0.3) is 0 Å². The van der Waals surface area contributed by atoms with Gasteiger partial charge in [-0.15, -0.1) is 0 Å². The number of nitrogens with two attached hydrogens (primary N) is 1. The lowest BCUT2D eigenvalue weighted by molar-refractivity contribution is 0.197. The second-order valence-electron chi connectivity index (χ2n) is 4.29. The molecule has 72 valence electrons. The van der Waals surface area contributed by atoms with Crippen LogP contribution in [0.2, 0.25) is 0 Å². The van der Waals surface area contributed by atoms with Gasteiger partial charge in [0, 0.05) is 6.04 Å². The Labute approximate surface area is 76.7 Å². The largest absolute Gasteiger partial charge is 0.328 e. The molecule has 1 aliphatic carbocycles. The lowest BCUT2D eigenvalue weighted by Gasteiger charge is -2.34. The molecule has 0 heterocycles. The van der Waals surface area contributed by atoms with E-state index in [1.807, 2.05) is 0 Å². The summed E-state index contributed by atoms with van der Waals surface area (Å²) in [5.74, 6) is 1.91. The van der Waals surface area contributed by atoms with Crippen LogP contribution in [-0.4, -0.2) is 6.04 Å². The summed E-state index contributed by atoms with van der Waals surface area (Å²) >= 11 is 0. The van der Waals surface area contributed by atoms with Gasteiger partial charge >= 0.3 is 0 Å². The fourth-order valence-electron chi connectivity index (χ4n) is 2.62. The zero-order valence-corrected chi connectivity index (χ0v) is 8.55. The van der Waals surface area contributed by atoms with Gasteiger partial charge in [-0.05, 0) is 31.1 Å². The van der Waals surface area contributed by atoms with E-state index in [1.165, 1.54) is 38.5 Å². The van der Waals surface area contributed by atoms with Crippen LogP contribution in [0, 0.1) is 11.8 Å². The molecule has 0 aromatic rings. The van der Waals surface area contributed by atoms with Gasteiger partial charge < -0.3 is 5.73 Å². The summed E-state index contributed by atoms with van der Waals surface area (Å²) in [5.41, 5.74) is 5.97. The minimum absolute atomic E-state index is 0.504. The van der Waals surface area contributed by atoms with Crippen LogP contribution in [0.1, 0.15) is 52.4 Å². The molecule has 0 aromatic carbocycles. The first-order chi connectivity index (χ1) is 5.77. The molecule has 0 bridgehead atoms. The highest BCUT2D eigenvalue weighted by atomic mass is 14.6. The summed E-state index contributed by atoms with van der Waals surface area (Å²) in [7, 11) is 0. The molecule has 1 nitrogen and oxygen atoms in total. The number of hydrogen-bond acceptors (Lipinski definition) is 1. The maximum absolute atomic E-state index is 5.97. The Kier molecular flexibility index (Phi) is 4.07. The third-order valence-corrected chi connectivity index (χ3v) is 3.36. The highest BCUT2D eigenvalue weighted by Gasteiger charge is 2.26. The molecule has 12 heavy (non-hydrogen) atoms. The molecule has 0 radical (unpaired) electrons. The molecule has 2 N–H and O–H groups in total. The van der Waals surface area contributed by atoms with Gasteiger partial charge in [0.25, 0.3) is 0 Å². The average molecular weight is 169 g/mol. The van der Waals surface area contributed by atoms with Crippen LogP contribution < -0.4 is 5.73 Å². The lowest BCUT2D eigenvalue weighted by Crippen LogP contribution is -2.33. The van der Waals surface area contributed by atoms with E-state index in [-0.39, 0.29) is 0 Å². The summed E-state index contributed by atoms with van der Waals surface area (Å²) in [4.78, 5) is 0. The zero-order chi connectivity index (χ0) is 8.97. The topological polar surface area (TPSA) is 26.0 Å². The van der Waals surface area contributed by atoms with Crippen LogP contribution in [0.15, 0.2) is 0 Å². The van der Waals surface area contributed by atoms with E-state index >= 15 is 0 Å². The van der Waals surface area contributed by atoms with Crippen molar-refractivity contribution in [2.75, 3.05) is 0 Å². The molecule has 0 amide bonds. The first-order valence-electron chi connectivity index (χ1n) is 5.53. The third kappa shape index (κ3) is 2.48. The Morgan fingerprint density at radius 1 is 1.17 bits per heavy atom. The maximum Gasteiger partial charge on any atom is 0.00416 e. The van der Waals surface area contributed by atoms with E-state index in [1.54, 1.807) is 0 Å². The van der Waals surface area contributed by atoms with Crippen LogP contribution in [0.3, 0.4) is 0 Å². The van der Waals surface area contributed by atoms with Crippen LogP contribution >= 0.6 is 0 Å². The quantitative estimate of drug-likeness (QED) is 0.690. The van der Waals surface area contributed by atoms with Crippen molar-refractivity contribution in [1.29, 1.82) is 0 Å². The van der Waals surface area contributed by atoms with Crippen molar-refractivity contribution < 1.29 is 0 Å². The van der Waals surface area contributed by atoms with E-state index < -0.39 is 0 Å². The van der Waals surface area contributed by atoms with E-state index in [9.17, 15) is 0 Å². The maximum atomic E-state index is 5.97. The van der Waals surface area contributed by atoms with Crippen molar-refractivity contribution in [2.45, 2.75) is 58.4 Å². The van der Waals surface area contributed by atoms with Crippen LogP contribution in [-0.2, 0) is 0 Å². The fraction of sp³-hybridized carbons (Fsp3) is 1.00. The van der Waals surface area contributed by atoms with E-state index in [4.69, 9.17) is 5.73 Å². The molecular weight excluding hydrogens is 146 g/mol. The minimum Gasteiger partial charge on any atom is -0.328 e. The summed E-state index contributed by atoms with van der Waals surface area (Å²) in [6, 6.07) is 0.504. The molecule has 3 unspecified atom stereocenters. The molecule has 1 fully saturated rings. The van der Waals surface area contributed by atoms with Crippen molar-refractivity contribution in [1.82, 2.24) is 0 Å². The van der Waals surface area contributed by atoms with Crippen molar-refractivity contribution in [3.05, 3.63) is 0 Å². The first kappa shape index (κ1) is 10.0. The average Bonchev–Trinajstić information content (AvgIpc) is 2.05. The molecule has 0 saturated heterocycles. The molecule has 0 aliphatic heterocycles. The predicted octanol–water partition coefficient (Wildman–Crippen LogP) is 2.94. The van der Waals surface area contributed by atoms with Crippen molar-refractivity contribution >= 4 is 0 Å². The van der Waals surface area contributed by atoms with Gasteiger partial charge in [-0.3, -0.25) is 0 Å². The highest BCUT2D eigenvalue weighted by molar-refractivity contribution is 4.80. The summed E-state index contributed by atoms with van der Waals surface area (Å²) in [6.07, 6.45) is 8.00. The smallest absolute Gasteiger partial charge is 0.00416 e. The molecule has 0 spiro atoms. The van der Waals surface area contributed by atoms with Crippen LogP contribution in [0.4, 0.5) is 0 Å². The Balaban J connectivity index is 2.40. The van der Waals surface area contributed by atoms with Gasteiger partial charge in [0.15, 0.2) is 0 Å². The van der Waals surface area contributed by atoms with E-state index in [0.717, 1.165) is 11.8 Å². The fourth-order valence-corrected chi connectivity index (χ4v) is 2.62. The highest BCUT2D eigenvalue weighted by Crippen LogP contribution is 2.34. The molecule has 1 heteroatoms. The first-order valence-corrected chi connectivity index (χ1v) is 5.53. The van der Waals surface area contributed by atoms with Gasteiger partial charge in [-0.1, -0.05) is 33.1 Å². The zero-order valence-electron chi connectivity index (χ0n) is 8.55. The Hall–Kier alpha value is -0.0400. The van der Waals surface area contributed by atoms with E-state index in [0.29, 0.717) is 6.04 Å². The lowest BCUT2D eigenvalue weighted by atomic mass is 9.74. The summed E-state index contributed by atoms with van der Waals surface area (Å²) < 4.78 is 0. The number of rotatable bonds is 3. The Morgan fingerprint density at radius 3 is 2.50 bits per heavy atom. The second-order valence-corrected chi connectivity index (χ2v) is 4.29. The molecule has 1 rings (SSSR count). The monoisotopic (exact) mass is 169 g/mol. The molecule has 0 aromatic heterocycles. The minimum atomic E-state index is 0.504. The third-order valence-electron chi connectivity index (χ3n) is 3.36. The molecule has 3 atom stereocenters. The summed E-state index contributed by atoms with van der Waals surface area (Å²) in [5, 5.41) is 0. The normalized spacial score (nSPS) is 36.8. The second kappa shape index (κ2) is 4.86. The van der Waals surface area contributed by atoms with Gasteiger partial charge in [0.2, 0.25) is 0 Å². The van der Waals surface area contributed by atoms with Gasteiger partial charge in [-0.25, -0.2) is 0 Å². The molecule has 1 aliphatic rings. The number of hydrogen-bond donors (Lipinski definition) is 1. The van der Waals surface area contributed by atoms with Crippen molar-refractivity contribution in [2.24, 2.45) is 17.6 Å². The van der Waals surface area contributed by atoms with Crippen LogP contribution in [0.5, 0.6) is 0 Å². The van der Waals surface area contributed by atoms with Gasteiger partial charge in [-0.2, -0.15) is 0 Å². The molecular formula is C11H23N. The Bertz CT molecular complexity index is 122. The van der Waals surface area contributed by atoms with E-state index in [2.05, 4.69) is 13.8 Å². The van der Waals surface area contributed by atoms with Crippen molar-refractivity contribution in [3.8, 4) is 0 Å².